The van der Waals surface area contributed by atoms with E-state index in [1.807, 2.05) is 0 Å². The van der Waals surface area contributed by atoms with Gasteiger partial charge in [0.05, 0.1) is 0 Å². The molecule has 2 N–H and O–H groups in total. The summed E-state index contributed by atoms with van der Waals surface area (Å²) in [5.41, 5.74) is 0.00244. The number of ether oxygens (including phenoxy) is 1. The smallest absolute Gasteiger partial charge is 0.408 e. The van der Waals surface area contributed by atoms with Gasteiger partial charge in [0.1, 0.15) is 11.4 Å². The van der Waals surface area contributed by atoms with Crippen LogP contribution in [0.5, 0.6) is 0 Å². The van der Waals surface area contributed by atoms with Crippen LogP contribution in [0, 0.1) is 12.7 Å². The lowest BCUT2D eigenvalue weighted by Crippen LogP contribution is -2.38. The van der Waals surface area contributed by atoms with Gasteiger partial charge < -0.3 is 15.2 Å². The number of hydrogen-bond donors (Lipinski definition) is 2. The van der Waals surface area contributed by atoms with Crippen molar-refractivity contribution in [1.29, 1.82) is 0 Å². The van der Waals surface area contributed by atoms with Crippen LogP contribution in [-0.4, -0.2) is 22.8 Å². The quantitative estimate of drug-likeness (QED) is 0.894. The highest BCUT2D eigenvalue weighted by Gasteiger charge is 2.26. The molecule has 1 amide bonds. The second kappa shape index (κ2) is 5.90. The Labute approximate surface area is 116 Å². The van der Waals surface area contributed by atoms with E-state index in [0.29, 0.717) is 5.56 Å². The number of aryl methyl sites for hydroxylation is 1. The summed E-state index contributed by atoms with van der Waals surface area (Å²) in [4.78, 5) is 22.9. The summed E-state index contributed by atoms with van der Waals surface area (Å²) < 4.78 is 18.2. The molecule has 0 aliphatic rings. The standard InChI is InChI=1S/C14H18FNO4/c1-8-5-6-9(15)7-10(8)11(12(17)18)16-13(19)20-14(2,3)4/h5-7,11H,1-4H3,(H,16,19)(H,17,18). The molecule has 1 aromatic carbocycles. The fourth-order valence-corrected chi connectivity index (χ4v) is 1.62. The molecule has 0 radical (unpaired) electrons. The Bertz CT molecular complexity index is 522. The van der Waals surface area contributed by atoms with Gasteiger partial charge in [0.25, 0.3) is 0 Å². The minimum absolute atomic E-state index is 0.184. The Morgan fingerprint density at radius 2 is 1.95 bits per heavy atom. The van der Waals surface area contributed by atoms with Gasteiger partial charge in [-0.2, -0.15) is 0 Å². The fraction of sp³-hybridized carbons (Fsp3) is 0.429. The number of alkyl carbamates (subject to hydrolysis) is 1. The maximum absolute atomic E-state index is 13.2. The number of carboxylic acids is 1. The van der Waals surface area contributed by atoms with Crippen molar-refractivity contribution in [2.45, 2.75) is 39.3 Å². The van der Waals surface area contributed by atoms with E-state index in [1.54, 1.807) is 27.7 Å². The van der Waals surface area contributed by atoms with Gasteiger partial charge in [-0.3, -0.25) is 0 Å². The topological polar surface area (TPSA) is 75.6 Å². The van der Waals surface area contributed by atoms with Gasteiger partial charge >= 0.3 is 12.1 Å². The van der Waals surface area contributed by atoms with Crippen molar-refractivity contribution in [2.75, 3.05) is 0 Å². The predicted molar refractivity (Wildman–Crippen MR) is 70.9 cm³/mol. The van der Waals surface area contributed by atoms with Crippen LogP contribution in [-0.2, 0) is 9.53 Å². The van der Waals surface area contributed by atoms with E-state index < -0.39 is 29.5 Å². The van der Waals surface area contributed by atoms with Crippen molar-refractivity contribution in [3.8, 4) is 0 Å². The van der Waals surface area contributed by atoms with Crippen LogP contribution >= 0.6 is 0 Å². The summed E-state index contributed by atoms with van der Waals surface area (Å²) in [6.07, 6.45) is -0.867. The van der Waals surface area contributed by atoms with Crippen molar-refractivity contribution in [1.82, 2.24) is 5.32 Å². The first-order valence-corrected chi connectivity index (χ1v) is 6.08. The second-order valence-electron chi connectivity index (χ2n) is 5.42. The van der Waals surface area contributed by atoms with Crippen molar-refractivity contribution in [2.24, 2.45) is 0 Å². The van der Waals surface area contributed by atoms with Gasteiger partial charge in [0.15, 0.2) is 6.04 Å². The van der Waals surface area contributed by atoms with Crippen LogP contribution in [0.1, 0.15) is 37.9 Å². The number of carbonyl (C=O) groups is 2. The molecule has 0 saturated heterocycles. The van der Waals surface area contributed by atoms with Crippen LogP contribution in [0.2, 0.25) is 0 Å². The first-order valence-electron chi connectivity index (χ1n) is 6.08. The Morgan fingerprint density at radius 1 is 1.35 bits per heavy atom. The Balaban J connectivity index is 2.98. The molecule has 110 valence electrons. The van der Waals surface area contributed by atoms with Gasteiger partial charge in [-0.25, -0.2) is 14.0 Å². The normalized spacial score (nSPS) is 12.7. The molecule has 0 fully saturated rings. The number of carboxylic acid groups (broad SMARTS) is 1. The molecule has 0 aromatic heterocycles. The first-order chi connectivity index (χ1) is 9.10. The van der Waals surface area contributed by atoms with Gasteiger partial charge in [0, 0.05) is 0 Å². The van der Waals surface area contributed by atoms with Crippen LogP contribution in [0.3, 0.4) is 0 Å². The van der Waals surface area contributed by atoms with Gasteiger partial charge in [-0.15, -0.1) is 0 Å². The summed E-state index contributed by atoms with van der Waals surface area (Å²) in [7, 11) is 0. The van der Waals surface area contributed by atoms with E-state index >= 15 is 0 Å². The molecule has 5 nitrogen and oxygen atoms in total. The Hall–Kier alpha value is -2.11. The predicted octanol–water partition coefficient (Wildman–Crippen LogP) is 2.78. The molecular weight excluding hydrogens is 265 g/mol. The fourth-order valence-electron chi connectivity index (χ4n) is 1.62. The van der Waals surface area contributed by atoms with E-state index in [9.17, 15) is 19.1 Å². The number of halogens is 1. The number of amides is 1. The van der Waals surface area contributed by atoms with Gasteiger partial charge in [-0.1, -0.05) is 6.07 Å². The lowest BCUT2D eigenvalue weighted by Gasteiger charge is -2.22. The molecule has 0 saturated carbocycles. The van der Waals surface area contributed by atoms with Gasteiger partial charge in [0.2, 0.25) is 0 Å². The maximum Gasteiger partial charge on any atom is 0.408 e. The third kappa shape index (κ3) is 4.53. The van der Waals surface area contributed by atoms with Crippen LogP contribution in [0.4, 0.5) is 9.18 Å². The number of hydrogen-bond acceptors (Lipinski definition) is 3. The molecule has 6 heteroatoms. The zero-order chi connectivity index (χ0) is 15.5. The highest BCUT2D eigenvalue weighted by atomic mass is 19.1. The molecule has 1 unspecified atom stereocenters. The van der Waals surface area contributed by atoms with E-state index in [-0.39, 0.29) is 5.56 Å². The Kier molecular flexibility index (Phi) is 4.70. The van der Waals surface area contributed by atoms with Crippen molar-refractivity contribution in [3.05, 3.63) is 35.1 Å². The van der Waals surface area contributed by atoms with Crippen molar-refractivity contribution >= 4 is 12.1 Å². The van der Waals surface area contributed by atoms with Crippen LogP contribution < -0.4 is 5.32 Å². The molecule has 0 bridgehead atoms. The van der Waals surface area contributed by atoms with Gasteiger partial charge in [-0.05, 0) is 51.0 Å². The zero-order valence-corrected chi connectivity index (χ0v) is 11.9. The lowest BCUT2D eigenvalue weighted by molar-refractivity contribution is -0.139. The molecule has 0 aliphatic heterocycles. The number of rotatable bonds is 3. The summed E-state index contributed by atoms with van der Waals surface area (Å²) >= 11 is 0. The minimum Gasteiger partial charge on any atom is -0.479 e. The van der Waals surface area contributed by atoms with Crippen molar-refractivity contribution in [3.63, 3.8) is 0 Å². The number of aliphatic carboxylic acids is 1. The molecule has 20 heavy (non-hydrogen) atoms. The zero-order valence-electron chi connectivity index (χ0n) is 11.9. The molecule has 1 atom stereocenters. The molecule has 0 heterocycles. The monoisotopic (exact) mass is 283 g/mol. The van der Waals surface area contributed by atoms with E-state index in [1.165, 1.54) is 12.1 Å². The number of carbonyl (C=O) groups excluding carboxylic acids is 1. The minimum atomic E-state index is -1.36. The Morgan fingerprint density at radius 3 is 2.45 bits per heavy atom. The summed E-state index contributed by atoms with van der Waals surface area (Å²) in [5, 5.41) is 11.4. The maximum atomic E-state index is 13.2. The number of benzene rings is 1. The lowest BCUT2D eigenvalue weighted by atomic mass is 10.0. The summed E-state index contributed by atoms with van der Waals surface area (Å²) in [6.45, 7) is 6.63. The average molecular weight is 283 g/mol. The highest BCUT2D eigenvalue weighted by Crippen LogP contribution is 2.20. The third-order valence-electron chi connectivity index (χ3n) is 2.46. The van der Waals surface area contributed by atoms with E-state index in [2.05, 4.69) is 5.32 Å². The summed E-state index contributed by atoms with van der Waals surface area (Å²) in [5.74, 6) is -1.85. The van der Waals surface area contributed by atoms with Crippen LogP contribution in [0.15, 0.2) is 18.2 Å². The van der Waals surface area contributed by atoms with E-state index in [4.69, 9.17) is 4.74 Å². The largest absolute Gasteiger partial charge is 0.479 e. The van der Waals surface area contributed by atoms with E-state index in [0.717, 1.165) is 6.07 Å². The van der Waals surface area contributed by atoms with Crippen LogP contribution in [0.25, 0.3) is 0 Å². The highest BCUT2D eigenvalue weighted by molar-refractivity contribution is 5.81. The summed E-state index contributed by atoms with van der Waals surface area (Å²) in [6, 6.07) is 2.41. The molecule has 0 spiro atoms. The SMILES string of the molecule is Cc1ccc(F)cc1C(NC(=O)OC(C)(C)C)C(=O)O. The second-order valence-corrected chi connectivity index (χ2v) is 5.42. The third-order valence-corrected chi connectivity index (χ3v) is 2.46. The number of nitrogens with one attached hydrogen (secondary N) is 1. The molecule has 1 aromatic rings. The molecule has 0 aliphatic carbocycles. The molecular formula is C14H18FNO4. The average Bonchev–Trinajstić information content (AvgIpc) is 2.27. The molecule has 1 rings (SSSR count). The first kappa shape index (κ1) is 15.9. The van der Waals surface area contributed by atoms with Crippen molar-refractivity contribution < 1.29 is 23.8 Å².